The van der Waals surface area contributed by atoms with Crippen molar-refractivity contribution in [3.05, 3.63) is 0 Å². The van der Waals surface area contributed by atoms with Gasteiger partial charge in [-0.3, -0.25) is 0 Å². The standard InChI is InChI=1S/C5H6ClNO3S/c1-5(3-6)4(11(8)9)2-7-10-5/h2H,3H2,1H3. The lowest BCUT2D eigenvalue weighted by Gasteiger charge is -2.16. The molecule has 0 amide bonds. The van der Waals surface area contributed by atoms with E-state index in [2.05, 4.69) is 5.16 Å². The summed E-state index contributed by atoms with van der Waals surface area (Å²) in [5.41, 5.74) is -0.978. The van der Waals surface area contributed by atoms with Crippen molar-refractivity contribution in [2.75, 3.05) is 5.88 Å². The van der Waals surface area contributed by atoms with Gasteiger partial charge in [-0.15, -0.1) is 11.6 Å². The minimum absolute atomic E-state index is 0.0658. The van der Waals surface area contributed by atoms with Crippen LogP contribution in [0.1, 0.15) is 6.92 Å². The number of oxime groups is 1. The van der Waals surface area contributed by atoms with Gasteiger partial charge >= 0.3 is 0 Å². The fraction of sp³-hybridized carbons (Fsp3) is 0.600. The van der Waals surface area contributed by atoms with Gasteiger partial charge in [0.15, 0.2) is 5.60 Å². The summed E-state index contributed by atoms with van der Waals surface area (Å²) in [6.07, 6.45) is 1.16. The molecule has 0 saturated carbocycles. The van der Waals surface area contributed by atoms with Crippen LogP contribution in [-0.4, -0.2) is 31.0 Å². The van der Waals surface area contributed by atoms with Crippen molar-refractivity contribution >= 4 is 33.0 Å². The fourth-order valence-electron chi connectivity index (χ4n) is 0.682. The highest BCUT2D eigenvalue weighted by molar-refractivity contribution is 7.74. The third-order valence-electron chi connectivity index (χ3n) is 1.38. The van der Waals surface area contributed by atoms with Crippen LogP contribution in [-0.2, 0) is 15.1 Å². The highest BCUT2D eigenvalue weighted by atomic mass is 35.5. The number of halogens is 1. The van der Waals surface area contributed by atoms with Gasteiger partial charge in [-0.2, -0.15) is 8.42 Å². The van der Waals surface area contributed by atoms with Crippen molar-refractivity contribution in [2.24, 2.45) is 5.16 Å². The predicted molar refractivity (Wildman–Crippen MR) is 42.6 cm³/mol. The second kappa shape index (κ2) is 2.83. The van der Waals surface area contributed by atoms with Crippen molar-refractivity contribution in [3.63, 3.8) is 0 Å². The molecule has 1 heterocycles. The molecule has 1 aliphatic heterocycles. The molecule has 0 aromatic carbocycles. The minimum Gasteiger partial charge on any atom is -0.382 e. The molecule has 1 aliphatic rings. The lowest BCUT2D eigenvalue weighted by atomic mass is 10.1. The van der Waals surface area contributed by atoms with Crippen molar-refractivity contribution in [3.8, 4) is 0 Å². The molecule has 0 radical (unpaired) electrons. The summed E-state index contributed by atoms with van der Waals surface area (Å²) < 4.78 is 21.0. The molecule has 62 valence electrons. The number of alkyl halides is 1. The van der Waals surface area contributed by atoms with Gasteiger partial charge in [0.25, 0.3) is 0 Å². The van der Waals surface area contributed by atoms with Gasteiger partial charge in [-0.1, -0.05) is 5.16 Å². The molecule has 0 spiro atoms. The number of hydrogen-bond donors (Lipinski definition) is 0. The first-order valence-electron chi connectivity index (χ1n) is 2.84. The first-order chi connectivity index (χ1) is 5.10. The molecule has 0 bridgehead atoms. The van der Waals surface area contributed by atoms with E-state index >= 15 is 0 Å². The molecular formula is C5H6ClNO3S. The van der Waals surface area contributed by atoms with Crippen LogP contribution in [0.25, 0.3) is 0 Å². The molecule has 0 fully saturated rings. The van der Waals surface area contributed by atoms with Crippen molar-refractivity contribution < 1.29 is 13.3 Å². The summed E-state index contributed by atoms with van der Waals surface area (Å²) in [7, 11) is -2.30. The minimum atomic E-state index is -2.30. The molecule has 6 heteroatoms. The Kier molecular flexibility index (Phi) is 2.20. The average Bonchev–Trinajstić information content (AvgIpc) is 2.32. The summed E-state index contributed by atoms with van der Waals surface area (Å²) in [5.74, 6) is 0.0658. The summed E-state index contributed by atoms with van der Waals surface area (Å²) in [6, 6.07) is 0. The molecule has 11 heavy (non-hydrogen) atoms. The van der Waals surface area contributed by atoms with Crippen LogP contribution in [0.15, 0.2) is 5.16 Å². The number of rotatable bonds is 1. The Labute approximate surface area is 70.3 Å². The quantitative estimate of drug-likeness (QED) is 0.439. The first kappa shape index (κ1) is 8.55. The van der Waals surface area contributed by atoms with E-state index in [1.54, 1.807) is 6.92 Å². The van der Waals surface area contributed by atoms with E-state index in [4.69, 9.17) is 16.4 Å². The molecule has 0 aromatic rings. The molecule has 1 rings (SSSR count). The maximum atomic E-state index is 10.5. The van der Waals surface area contributed by atoms with Gasteiger partial charge in [0.05, 0.1) is 12.1 Å². The zero-order chi connectivity index (χ0) is 8.48. The monoisotopic (exact) mass is 195 g/mol. The Morgan fingerprint density at radius 2 is 2.45 bits per heavy atom. The highest BCUT2D eigenvalue weighted by Gasteiger charge is 2.36. The fourth-order valence-corrected chi connectivity index (χ4v) is 1.54. The van der Waals surface area contributed by atoms with Crippen molar-refractivity contribution in [2.45, 2.75) is 12.5 Å². The maximum absolute atomic E-state index is 10.5. The van der Waals surface area contributed by atoms with Gasteiger partial charge in [0.2, 0.25) is 10.3 Å². The second-order valence-corrected chi connectivity index (χ2v) is 3.47. The van der Waals surface area contributed by atoms with Crippen LogP contribution in [0.5, 0.6) is 0 Å². The Bertz CT molecular complexity index is 313. The van der Waals surface area contributed by atoms with E-state index in [9.17, 15) is 8.42 Å². The summed E-state index contributed by atoms with van der Waals surface area (Å²) in [6.45, 7) is 1.57. The van der Waals surface area contributed by atoms with Crippen LogP contribution < -0.4 is 0 Å². The molecule has 0 aromatic heterocycles. The Hall–Kier alpha value is -0.550. The molecule has 1 unspecified atom stereocenters. The van der Waals surface area contributed by atoms with Crippen LogP contribution >= 0.6 is 11.6 Å². The van der Waals surface area contributed by atoms with E-state index in [1.807, 2.05) is 0 Å². The largest absolute Gasteiger partial charge is 0.382 e. The van der Waals surface area contributed by atoms with Gasteiger partial charge in [0.1, 0.15) is 4.86 Å². The zero-order valence-corrected chi connectivity index (χ0v) is 7.32. The molecular weight excluding hydrogens is 190 g/mol. The van der Waals surface area contributed by atoms with Crippen LogP contribution in [0.3, 0.4) is 0 Å². The zero-order valence-electron chi connectivity index (χ0n) is 5.74. The Morgan fingerprint density at radius 3 is 2.82 bits per heavy atom. The normalized spacial score (nSPS) is 28.7. The van der Waals surface area contributed by atoms with Crippen molar-refractivity contribution in [1.82, 2.24) is 0 Å². The average molecular weight is 196 g/mol. The van der Waals surface area contributed by atoms with Crippen molar-refractivity contribution in [1.29, 1.82) is 0 Å². The van der Waals surface area contributed by atoms with Crippen LogP contribution in [0, 0.1) is 0 Å². The number of nitrogens with zero attached hydrogens (tertiary/aromatic N) is 1. The lowest BCUT2D eigenvalue weighted by molar-refractivity contribution is 0.0568. The second-order valence-electron chi connectivity index (χ2n) is 2.29. The summed E-state index contributed by atoms with van der Waals surface area (Å²) in [5, 5.41) is 3.37. The molecule has 0 saturated heterocycles. The van der Waals surface area contributed by atoms with E-state index in [0.29, 0.717) is 0 Å². The van der Waals surface area contributed by atoms with E-state index < -0.39 is 15.9 Å². The Morgan fingerprint density at radius 1 is 1.82 bits per heavy atom. The smallest absolute Gasteiger partial charge is 0.223 e. The summed E-state index contributed by atoms with van der Waals surface area (Å²) in [4.78, 5) is 4.86. The third kappa shape index (κ3) is 1.39. The highest BCUT2D eigenvalue weighted by Crippen LogP contribution is 2.18. The van der Waals surface area contributed by atoms with Crippen LogP contribution in [0.4, 0.5) is 0 Å². The van der Waals surface area contributed by atoms with Gasteiger partial charge in [0, 0.05) is 0 Å². The first-order valence-corrected chi connectivity index (χ1v) is 4.45. The summed E-state index contributed by atoms with van der Waals surface area (Å²) >= 11 is 5.49. The SMILES string of the molecule is CC1(CCl)ON=CC1=S(=O)=O. The van der Waals surface area contributed by atoms with E-state index in [0.717, 1.165) is 6.21 Å². The van der Waals surface area contributed by atoms with Gasteiger partial charge in [-0.05, 0) is 6.92 Å². The predicted octanol–water partition coefficient (Wildman–Crippen LogP) is 0.0514. The Balaban J connectivity index is 3.18. The third-order valence-corrected chi connectivity index (χ3v) is 2.79. The molecule has 0 N–H and O–H groups in total. The topological polar surface area (TPSA) is 55.7 Å². The van der Waals surface area contributed by atoms with Gasteiger partial charge < -0.3 is 4.84 Å². The van der Waals surface area contributed by atoms with Crippen LogP contribution in [0.2, 0.25) is 0 Å². The van der Waals surface area contributed by atoms with E-state index in [1.165, 1.54) is 0 Å². The molecule has 1 atom stereocenters. The molecule has 0 aliphatic carbocycles. The van der Waals surface area contributed by atoms with E-state index in [-0.39, 0.29) is 10.7 Å². The van der Waals surface area contributed by atoms with Gasteiger partial charge in [-0.25, -0.2) is 0 Å². The maximum Gasteiger partial charge on any atom is 0.223 e. The molecule has 4 nitrogen and oxygen atoms in total. The number of hydrogen-bond acceptors (Lipinski definition) is 4. The lowest BCUT2D eigenvalue weighted by Crippen LogP contribution is -2.36.